The molecule has 0 fully saturated rings. The molecule has 0 radical (unpaired) electrons. The standard InChI is InChI=1S/C30H36BrN3O4S/c1-5-23(3)32-30(36)28(19-24-12-8-6-9-13-24)33(20-25-14-10-7-11-15-25)29(35)21-34(39(4,37)38)26-16-17-27(31)22(2)18-26/h6-18,23,28H,5,19-21H2,1-4H3,(H,32,36)/t23-,28+/m1/s1. The number of hydrogen-bond acceptors (Lipinski definition) is 4. The second-order valence-corrected chi connectivity index (χ2v) is 12.5. The minimum absolute atomic E-state index is 0.0808. The Hall–Kier alpha value is -3.17. The summed E-state index contributed by atoms with van der Waals surface area (Å²) in [6, 6.07) is 23.1. The maximum atomic E-state index is 14.1. The van der Waals surface area contributed by atoms with Crippen LogP contribution in [0.3, 0.4) is 0 Å². The highest BCUT2D eigenvalue weighted by Crippen LogP contribution is 2.25. The van der Waals surface area contributed by atoms with Crippen LogP contribution in [0, 0.1) is 6.92 Å². The van der Waals surface area contributed by atoms with Gasteiger partial charge in [-0.15, -0.1) is 0 Å². The summed E-state index contributed by atoms with van der Waals surface area (Å²) in [5.74, 6) is -0.743. The Kier molecular flexibility index (Phi) is 10.7. The van der Waals surface area contributed by atoms with Gasteiger partial charge in [0.2, 0.25) is 21.8 Å². The van der Waals surface area contributed by atoms with Crippen LogP contribution in [0.2, 0.25) is 0 Å². The van der Waals surface area contributed by atoms with Crippen molar-refractivity contribution in [3.05, 3.63) is 100 Å². The Balaban J connectivity index is 2.05. The number of carbonyl (C=O) groups is 2. The summed E-state index contributed by atoms with van der Waals surface area (Å²) in [6.45, 7) is 5.47. The van der Waals surface area contributed by atoms with Crippen LogP contribution in [0.5, 0.6) is 0 Å². The lowest BCUT2D eigenvalue weighted by atomic mass is 10.0. The number of anilines is 1. The van der Waals surface area contributed by atoms with Gasteiger partial charge in [0.1, 0.15) is 12.6 Å². The zero-order valence-electron chi connectivity index (χ0n) is 22.8. The van der Waals surface area contributed by atoms with Crippen LogP contribution < -0.4 is 9.62 Å². The summed E-state index contributed by atoms with van der Waals surface area (Å²) in [4.78, 5) is 29.2. The predicted molar refractivity (Wildman–Crippen MR) is 160 cm³/mol. The Bertz CT molecular complexity index is 1370. The summed E-state index contributed by atoms with van der Waals surface area (Å²) in [6.07, 6.45) is 2.11. The Labute approximate surface area is 240 Å². The van der Waals surface area contributed by atoms with E-state index in [1.807, 2.05) is 81.4 Å². The summed E-state index contributed by atoms with van der Waals surface area (Å²) in [5.41, 5.74) is 2.96. The van der Waals surface area contributed by atoms with E-state index in [4.69, 9.17) is 0 Å². The molecular formula is C30H36BrN3O4S. The normalized spacial score (nSPS) is 12.8. The molecule has 0 bridgehead atoms. The molecule has 3 aromatic carbocycles. The molecule has 0 saturated heterocycles. The molecule has 1 N–H and O–H groups in total. The molecular weight excluding hydrogens is 578 g/mol. The lowest BCUT2D eigenvalue weighted by molar-refractivity contribution is -0.140. The highest BCUT2D eigenvalue weighted by molar-refractivity contribution is 9.10. The van der Waals surface area contributed by atoms with Crippen LogP contribution in [-0.2, 0) is 32.6 Å². The van der Waals surface area contributed by atoms with E-state index < -0.39 is 28.5 Å². The Morgan fingerprint density at radius 2 is 1.54 bits per heavy atom. The van der Waals surface area contributed by atoms with Gasteiger partial charge in [0.05, 0.1) is 11.9 Å². The second-order valence-electron chi connectivity index (χ2n) is 9.73. The van der Waals surface area contributed by atoms with Crippen molar-refractivity contribution in [1.29, 1.82) is 0 Å². The molecule has 39 heavy (non-hydrogen) atoms. The lowest BCUT2D eigenvalue weighted by Gasteiger charge is -2.34. The van der Waals surface area contributed by atoms with E-state index in [1.54, 1.807) is 18.2 Å². The van der Waals surface area contributed by atoms with Crippen LogP contribution in [0.1, 0.15) is 37.0 Å². The van der Waals surface area contributed by atoms with Gasteiger partial charge in [0.25, 0.3) is 0 Å². The molecule has 2 atom stereocenters. The van der Waals surface area contributed by atoms with Gasteiger partial charge in [0.15, 0.2) is 0 Å². The highest BCUT2D eigenvalue weighted by atomic mass is 79.9. The first-order valence-corrected chi connectivity index (χ1v) is 15.5. The third kappa shape index (κ3) is 8.66. The van der Waals surface area contributed by atoms with Crippen molar-refractivity contribution in [2.45, 2.75) is 52.2 Å². The van der Waals surface area contributed by atoms with Crippen molar-refractivity contribution in [1.82, 2.24) is 10.2 Å². The van der Waals surface area contributed by atoms with E-state index in [0.29, 0.717) is 5.69 Å². The van der Waals surface area contributed by atoms with Gasteiger partial charge in [-0.05, 0) is 55.2 Å². The van der Waals surface area contributed by atoms with E-state index in [2.05, 4.69) is 21.2 Å². The molecule has 0 saturated carbocycles. The van der Waals surface area contributed by atoms with E-state index in [0.717, 1.165) is 38.1 Å². The van der Waals surface area contributed by atoms with Gasteiger partial charge in [-0.25, -0.2) is 8.42 Å². The number of hydrogen-bond donors (Lipinski definition) is 1. The minimum atomic E-state index is -3.81. The van der Waals surface area contributed by atoms with E-state index in [-0.39, 0.29) is 24.9 Å². The number of sulfonamides is 1. The van der Waals surface area contributed by atoms with Gasteiger partial charge in [-0.2, -0.15) is 0 Å². The summed E-state index contributed by atoms with van der Waals surface area (Å²) >= 11 is 3.44. The SMILES string of the molecule is CC[C@@H](C)NC(=O)[C@H](Cc1ccccc1)N(Cc1ccccc1)C(=O)CN(c1ccc(Br)c(C)c1)S(C)(=O)=O. The summed E-state index contributed by atoms with van der Waals surface area (Å²) < 4.78 is 27.7. The van der Waals surface area contributed by atoms with Crippen molar-refractivity contribution in [2.75, 3.05) is 17.1 Å². The third-order valence-electron chi connectivity index (χ3n) is 6.58. The quantitative estimate of drug-likeness (QED) is 0.309. The maximum absolute atomic E-state index is 14.1. The number of carbonyl (C=O) groups excluding carboxylic acids is 2. The molecule has 208 valence electrons. The highest BCUT2D eigenvalue weighted by Gasteiger charge is 2.33. The van der Waals surface area contributed by atoms with Crippen molar-refractivity contribution >= 4 is 43.5 Å². The van der Waals surface area contributed by atoms with Gasteiger partial charge < -0.3 is 10.2 Å². The van der Waals surface area contributed by atoms with Gasteiger partial charge in [-0.1, -0.05) is 83.5 Å². The number of amides is 2. The third-order valence-corrected chi connectivity index (χ3v) is 8.61. The molecule has 0 aliphatic carbocycles. The molecule has 0 aliphatic heterocycles. The summed E-state index contributed by atoms with van der Waals surface area (Å²) in [5, 5.41) is 3.03. The lowest BCUT2D eigenvalue weighted by Crippen LogP contribution is -2.54. The molecule has 2 amide bonds. The fourth-order valence-corrected chi connectivity index (χ4v) is 5.26. The van der Waals surface area contributed by atoms with Crippen molar-refractivity contribution < 1.29 is 18.0 Å². The zero-order chi connectivity index (χ0) is 28.6. The smallest absolute Gasteiger partial charge is 0.244 e. The van der Waals surface area contributed by atoms with Crippen molar-refractivity contribution in [3.63, 3.8) is 0 Å². The van der Waals surface area contributed by atoms with E-state index in [1.165, 1.54) is 4.90 Å². The molecule has 0 aliphatic rings. The first-order valence-electron chi connectivity index (χ1n) is 12.9. The number of benzene rings is 3. The number of halogens is 1. The number of rotatable bonds is 12. The van der Waals surface area contributed by atoms with E-state index in [9.17, 15) is 18.0 Å². The van der Waals surface area contributed by atoms with Crippen LogP contribution in [0.4, 0.5) is 5.69 Å². The molecule has 0 heterocycles. The van der Waals surface area contributed by atoms with Crippen LogP contribution in [0.15, 0.2) is 83.3 Å². The molecule has 0 spiro atoms. The maximum Gasteiger partial charge on any atom is 0.244 e. The minimum Gasteiger partial charge on any atom is -0.352 e. The largest absolute Gasteiger partial charge is 0.352 e. The molecule has 0 aromatic heterocycles. The van der Waals surface area contributed by atoms with Crippen LogP contribution in [0.25, 0.3) is 0 Å². The molecule has 0 unspecified atom stereocenters. The number of nitrogens with one attached hydrogen (secondary N) is 1. The number of nitrogens with zero attached hydrogens (tertiary/aromatic N) is 2. The number of aryl methyl sites for hydroxylation is 1. The Morgan fingerprint density at radius 3 is 2.08 bits per heavy atom. The van der Waals surface area contributed by atoms with Crippen molar-refractivity contribution in [3.8, 4) is 0 Å². The first kappa shape index (κ1) is 30.4. The summed E-state index contributed by atoms with van der Waals surface area (Å²) in [7, 11) is -3.81. The average molecular weight is 615 g/mol. The monoisotopic (exact) mass is 613 g/mol. The molecule has 3 aromatic rings. The van der Waals surface area contributed by atoms with Crippen LogP contribution >= 0.6 is 15.9 Å². The Morgan fingerprint density at radius 1 is 0.949 bits per heavy atom. The average Bonchev–Trinajstić information content (AvgIpc) is 2.91. The van der Waals surface area contributed by atoms with Gasteiger partial charge >= 0.3 is 0 Å². The second kappa shape index (κ2) is 13.8. The van der Waals surface area contributed by atoms with Crippen molar-refractivity contribution in [2.24, 2.45) is 0 Å². The molecule has 7 nitrogen and oxygen atoms in total. The first-order chi connectivity index (χ1) is 18.5. The fraction of sp³-hybridized carbons (Fsp3) is 0.333. The predicted octanol–water partition coefficient (Wildman–Crippen LogP) is 5.08. The van der Waals surface area contributed by atoms with Gasteiger partial charge in [0, 0.05) is 23.5 Å². The van der Waals surface area contributed by atoms with Crippen LogP contribution in [-0.4, -0.2) is 50.0 Å². The zero-order valence-corrected chi connectivity index (χ0v) is 25.2. The molecule has 9 heteroatoms. The topological polar surface area (TPSA) is 86.8 Å². The molecule has 3 rings (SSSR count). The van der Waals surface area contributed by atoms with E-state index >= 15 is 0 Å². The van der Waals surface area contributed by atoms with Gasteiger partial charge in [-0.3, -0.25) is 13.9 Å². The fourth-order valence-electron chi connectivity index (χ4n) is 4.17.